The van der Waals surface area contributed by atoms with Gasteiger partial charge in [0.25, 0.3) is 0 Å². The molecular formula is C24H31F3N2O3S. The van der Waals surface area contributed by atoms with Gasteiger partial charge in [0.05, 0.1) is 24.5 Å². The Kier molecular flexibility index (Phi) is 7.75. The summed E-state index contributed by atoms with van der Waals surface area (Å²) >= 11 is 1.52. The van der Waals surface area contributed by atoms with Gasteiger partial charge in [0.1, 0.15) is 5.01 Å². The molecule has 2 saturated heterocycles. The SMILES string of the molecule is Cc1nc(-c2ccc(C(F)(F)F)cc2)sc1CC1COC(C)(CNCC2CCOCC2)OC1. The van der Waals surface area contributed by atoms with Gasteiger partial charge in [-0.05, 0) is 57.7 Å². The average Bonchev–Trinajstić information content (AvgIpc) is 3.16. The van der Waals surface area contributed by atoms with Gasteiger partial charge in [-0.25, -0.2) is 4.98 Å². The van der Waals surface area contributed by atoms with Gasteiger partial charge in [-0.15, -0.1) is 11.3 Å². The zero-order valence-corrected chi connectivity index (χ0v) is 19.9. The Balaban J connectivity index is 1.27. The van der Waals surface area contributed by atoms with Gasteiger partial charge in [-0.1, -0.05) is 12.1 Å². The summed E-state index contributed by atoms with van der Waals surface area (Å²) in [5, 5.41) is 4.22. The molecule has 3 heterocycles. The van der Waals surface area contributed by atoms with Crippen LogP contribution in [-0.2, 0) is 26.8 Å². The van der Waals surface area contributed by atoms with Crippen molar-refractivity contribution in [2.24, 2.45) is 11.8 Å². The summed E-state index contributed by atoms with van der Waals surface area (Å²) in [6.45, 7) is 8.39. The molecule has 2 fully saturated rings. The standard InChI is InChI=1S/C24H31F3N2O3S/c1-16-21(33-22(29-16)19-3-5-20(6-4-19)24(25,26)27)11-18-13-31-23(2,32-14-18)15-28-12-17-7-9-30-10-8-17/h3-6,17-18,28H,7-15H2,1-2H3. The number of benzene rings is 1. The van der Waals surface area contributed by atoms with Crippen LogP contribution in [0.1, 0.15) is 35.9 Å². The first-order valence-electron chi connectivity index (χ1n) is 11.4. The molecule has 0 aliphatic carbocycles. The normalized spacial score (nSPS) is 24.8. The van der Waals surface area contributed by atoms with Gasteiger partial charge < -0.3 is 19.5 Å². The molecule has 33 heavy (non-hydrogen) atoms. The Bertz CT molecular complexity index is 903. The number of halogens is 3. The second-order valence-electron chi connectivity index (χ2n) is 9.12. The fraction of sp³-hybridized carbons (Fsp3) is 0.625. The fourth-order valence-corrected chi connectivity index (χ4v) is 5.34. The summed E-state index contributed by atoms with van der Waals surface area (Å²) in [4.78, 5) is 5.70. The molecule has 0 radical (unpaired) electrons. The largest absolute Gasteiger partial charge is 0.416 e. The van der Waals surface area contributed by atoms with E-state index in [1.807, 2.05) is 13.8 Å². The Morgan fingerprint density at radius 1 is 1.09 bits per heavy atom. The first-order valence-corrected chi connectivity index (χ1v) is 12.2. The summed E-state index contributed by atoms with van der Waals surface area (Å²) in [6.07, 6.45) is -1.37. The number of hydrogen-bond donors (Lipinski definition) is 1. The molecular weight excluding hydrogens is 453 g/mol. The van der Waals surface area contributed by atoms with Crippen LogP contribution in [0.15, 0.2) is 24.3 Å². The summed E-state index contributed by atoms with van der Waals surface area (Å²) in [6, 6.07) is 5.17. The minimum atomic E-state index is -4.34. The lowest BCUT2D eigenvalue weighted by molar-refractivity contribution is -0.269. The molecule has 0 bridgehead atoms. The van der Waals surface area contributed by atoms with Gasteiger partial charge in [-0.3, -0.25) is 0 Å². The summed E-state index contributed by atoms with van der Waals surface area (Å²) < 4.78 is 56.0. The van der Waals surface area contributed by atoms with E-state index in [2.05, 4.69) is 10.3 Å². The van der Waals surface area contributed by atoms with Gasteiger partial charge in [-0.2, -0.15) is 13.2 Å². The molecule has 0 atom stereocenters. The van der Waals surface area contributed by atoms with Crippen molar-refractivity contribution in [3.63, 3.8) is 0 Å². The van der Waals surface area contributed by atoms with Crippen molar-refractivity contribution in [1.29, 1.82) is 0 Å². The number of thiazole rings is 1. The lowest BCUT2D eigenvalue weighted by atomic mass is 10.0. The van der Waals surface area contributed by atoms with E-state index < -0.39 is 17.5 Å². The summed E-state index contributed by atoms with van der Waals surface area (Å²) in [5.41, 5.74) is 0.949. The first-order chi connectivity index (χ1) is 15.7. The van der Waals surface area contributed by atoms with E-state index in [4.69, 9.17) is 14.2 Å². The highest BCUT2D eigenvalue weighted by Crippen LogP contribution is 2.34. The number of nitrogens with zero attached hydrogens (tertiary/aromatic N) is 1. The maximum Gasteiger partial charge on any atom is 0.416 e. The summed E-state index contributed by atoms with van der Waals surface area (Å²) in [5.74, 6) is 0.232. The van der Waals surface area contributed by atoms with Crippen LogP contribution in [0.25, 0.3) is 10.6 Å². The zero-order chi connectivity index (χ0) is 23.5. The Hall–Kier alpha value is -1.52. The van der Waals surface area contributed by atoms with E-state index in [0.29, 0.717) is 31.2 Å². The number of hydrogen-bond acceptors (Lipinski definition) is 6. The maximum atomic E-state index is 12.8. The third-order valence-corrected chi connectivity index (χ3v) is 7.52. The van der Waals surface area contributed by atoms with E-state index in [-0.39, 0.29) is 5.92 Å². The molecule has 1 aromatic heterocycles. The summed E-state index contributed by atoms with van der Waals surface area (Å²) in [7, 11) is 0. The number of ether oxygens (including phenoxy) is 3. The van der Waals surface area contributed by atoms with Crippen molar-refractivity contribution in [2.75, 3.05) is 39.5 Å². The van der Waals surface area contributed by atoms with Crippen molar-refractivity contribution < 1.29 is 27.4 Å². The number of aryl methyl sites for hydroxylation is 1. The molecule has 4 rings (SSSR count). The van der Waals surface area contributed by atoms with Crippen LogP contribution in [0.4, 0.5) is 13.2 Å². The Morgan fingerprint density at radius 3 is 2.39 bits per heavy atom. The highest BCUT2D eigenvalue weighted by Gasteiger charge is 2.34. The molecule has 0 spiro atoms. The smallest absolute Gasteiger partial charge is 0.381 e. The zero-order valence-electron chi connectivity index (χ0n) is 19.0. The molecule has 2 aliphatic rings. The molecule has 1 N–H and O–H groups in total. The van der Waals surface area contributed by atoms with Crippen LogP contribution < -0.4 is 5.32 Å². The van der Waals surface area contributed by atoms with Gasteiger partial charge >= 0.3 is 6.18 Å². The fourth-order valence-electron chi connectivity index (χ4n) is 4.16. The minimum absolute atomic E-state index is 0.216. The molecule has 0 amide bonds. The van der Waals surface area contributed by atoms with E-state index in [1.165, 1.54) is 23.5 Å². The van der Waals surface area contributed by atoms with Crippen molar-refractivity contribution in [3.8, 4) is 10.6 Å². The van der Waals surface area contributed by atoms with E-state index in [9.17, 15) is 13.2 Å². The predicted molar refractivity (Wildman–Crippen MR) is 121 cm³/mol. The number of alkyl halides is 3. The number of nitrogens with one attached hydrogen (secondary N) is 1. The monoisotopic (exact) mass is 484 g/mol. The third-order valence-electron chi connectivity index (χ3n) is 6.29. The van der Waals surface area contributed by atoms with E-state index in [0.717, 1.165) is 66.7 Å². The molecule has 2 aliphatic heterocycles. The average molecular weight is 485 g/mol. The van der Waals surface area contributed by atoms with Crippen LogP contribution >= 0.6 is 11.3 Å². The van der Waals surface area contributed by atoms with E-state index in [1.54, 1.807) is 0 Å². The van der Waals surface area contributed by atoms with Crippen molar-refractivity contribution in [3.05, 3.63) is 40.4 Å². The Labute approximate surface area is 196 Å². The topological polar surface area (TPSA) is 52.6 Å². The predicted octanol–water partition coefficient (Wildman–Crippen LogP) is 5.08. The molecule has 0 unspecified atom stereocenters. The third kappa shape index (κ3) is 6.54. The number of rotatable bonds is 7. The van der Waals surface area contributed by atoms with Crippen LogP contribution in [0.3, 0.4) is 0 Å². The quantitative estimate of drug-likeness (QED) is 0.594. The van der Waals surface area contributed by atoms with Crippen LogP contribution in [0.5, 0.6) is 0 Å². The minimum Gasteiger partial charge on any atom is -0.381 e. The Morgan fingerprint density at radius 2 is 1.76 bits per heavy atom. The van der Waals surface area contributed by atoms with Crippen molar-refractivity contribution in [1.82, 2.24) is 10.3 Å². The van der Waals surface area contributed by atoms with Crippen LogP contribution in [-0.4, -0.2) is 50.3 Å². The van der Waals surface area contributed by atoms with Crippen LogP contribution in [0, 0.1) is 18.8 Å². The molecule has 5 nitrogen and oxygen atoms in total. The first kappa shape index (κ1) is 24.6. The lowest BCUT2D eigenvalue weighted by Crippen LogP contribution is -2.49. The van der Waals surface area contributed by atoms with E-state index >= 15 is 0 Å². The molecule has 2 aromatic rings. The molecule has 182 valence electrons. The van der Waals surface area contributed by atoms with Gasteiger partial charge in [0, 0.05) is 36.1 Å². The van der Waals surface area contributed by atoms with Gasteiger partial charge in [0.2, 0.25) is 0 Å². The second kappa shape index (κ2) is 10.4. The number of aromatic nitrogens is 1. The maximum absolute atomic E-state index is 12.8. The molecule has 0 saturated carbocycles. The highest BCUT2D eigenvalue weighted by molar-refractivity contribution is 7.15. The van der Waals surface area contributed by atoms with Gasteiger partial charge in [0.15, 0.2) is 5.79 Å². The van der Waals surface area contributed by atoms with Crippen molar-refractivity contribution in [2.45, 2.75) is 45.1 Å². The lowest BCUT2D eigenvalue weighted by Gasteiger charge is -2.38. The molecule has 1 aromatic carbocycles. The van der Waals surface area contributed by atoms with Crippen molar-refractivity contribution >= 4 is 11.3 Å². The van der Waals surface area contributed by atoms with Crippen LogP contribution in [0.2, 0.25) is 0 Å². The second-order valence-corrected chi connectivity index (χ2v) is 10.2. The highest BCUT2D eigenvalue weighted by atomic mass is 32.1. The molecule has 9 heteroatoms.